The molecule has 3 N–H and O–H groups in total. The number of ether oxygens (including phenoxy) is 1. The molecule has 3 heterocycles. The third kappa shape index (κ3) is 6.59. The van der Waals surface area contributed by atoms with Gasteiger partial charge in [-0.1, -0.05) is 48.0 Å². The summed E-state index contributed by atoms with van der Waals surface area (Å²) in [4.78, 5) is 9.46. The van der Waals surface area contributed by atoms with Gasteiger partial charge in [0.25, 0.3) is 0 Å². The van der Waals surface area contributed by atoms with Crippen molar-refractivity contribution in [3.8, 4) is 22.8 Å². The minimum Gasteiger partial charge on any atom is -0.543 e. The fourth-order valence-electron chi connectivity index (χ4n) is 5.92. The number of amidine groups is 1. The highest BCUT2D eigenvalue weighted by atomic mass is 28.4. The van der Waals surface area contributed by atoms with Gasteiger partial charge in [-0.3, -0.25) is 0 Å². The lowest BCUT2D eigenvalue weighted by molar-refractivity contribution is 0.350. The van der Waals surface area contributed by atoms with Gasteiger partial charge in [-0.05, 0) is 85.1 Å². The molecule has 1 aromatic carbocycles. The van der Waals surface area contributed by atoms with E-state index in [-0.39, 0.29) is 10.5 Å². The Hall–Kier alpha value is -3.85. The Labute approximate surface area is 269 Å². The van der Waals surface area contributed by atoms with Gasteiger partial charge in [-0.25, -0.2) is 14.5 Å². The molecule has 0 saturated heterocycles. The molecule has 0 radical (unpaired) electrons. The number of anilines is 1. The van der Waals surface area contributed by atoms with Gasteiger partial charge in [-0.15, -0.1) is 0 Å². The van der Waals surface area contributed by atoms with E-state index < -0.39 is 8.32 Å². The average molecular weight is 627 g/mol. The summed E-state index contributed by atoms with van der Waals surface area (Å²) in [5.74, 6) is 1.93. The van der Waals surface area contributed by atoms with Crippen LogP contribution in [0.15, 0.2) is 53.9 Å². The smallest absolute Gasteiger partial charge is 0.250 e. The first-order chi connectivity index (χ1) is 21.1. The normalized spacial score (nSPS) is 17.1. The number of benzene rings is 1. The van der Waals surface area contributed by atoms with E-state index in [1.165, 1.54) is 12.8 Å². The lowest BCUT2D eigenvalue weighted by Crippen LogP contribution is -2.43. The number of aliphatic imine (C=N–C) groups is 1. The summed E-state index contributed by atoms with van der Waals surface area (Å²) in [5, 5.41) is 8.83. The number of hydrogen-bond donors (Lipinski definition) is 2. The Morgan fingerprint density at radius 2 is 1.93 bits per heavy atom. The lowest BCUT2D eigenvalue weighted by Gasteiger charge is -2.36. The predicted octanol–water partition coefficient (Wildman–Crippen LogP) is 8.69. The molecule has 1 aliphatic rings. The second kappa shape index (κ2) is 12.2. The van der Waals surface area contributed by atoms with Crippen molar-refractivity contribution in [2.24, 2.45) is 16.1 Å². The highest BCUT2D eigenvalue weighted by Crippen LogP contribution is 2.41. The number of aryl methyl sites for hydroxylation is 2. The SMILES string of the molecule is CCc1cc(O[Si](C)(C)C(C)(C)C)ccc1N=C(N)c1cnn2cc(-c3cnc(OC)cc3C)cc2c1NC1CCCC1(C)C. The van der Waals surface area contributed by atoms with E-state index in [1.54, 1.807) is 7.11 Å². The van der Waals surface area contributed by atoms with Crippen LogP contribution >= 0.6 is 0 Å². The second-order valence-electron chi connectivity index (χ2n) is 14.6. The average Bonchev–Trinajstić information content (AvgIpc) is 3.55. The van der Waals surface area contributed by atoms with E-state index in [0.717, 1.165) is 63.3 Å². The van der Waals surface area contributed by atoms with Crippen molar-refractivity contribution in [3.63, 3.8) is 0 Å². The number of nitrogens with zero attached hydrogens (tertiary/aromatic N) is 4. The van der Waals surface area contributed by atoms with Crippen molar-refractivity contribution in [1.29, 1.82) is 0 Å². The number of nitrogens with two attached hydrogens (primary N) is 1. The maximum atomic E-state index is 6.87. The third-order valence-corrected chi connectivity index (χ3v) is 14.3. The van der Waals surface area contributed by atoms with E-state index in [2.05, 4.69) is 84.0 Å². The summed E-state index contributed by atoms with van der Waals surface area (Å²) >= 11 is 0. The van der Waals surface area contributed by atoms with Crippen molar-refractivity contribution in [2.45, 2.75) is 98.3 Å². The predicted molar refractivity (Wildman–Crippen MR) is 189 cm³/mol. The van der Waals surface area contributed by atoms with Gasteiger partial charge in [0.2, 0.25) is 14.2 Å². The topological polar surface area (TPSA) is 99.1 Å². The van der Waals surface area contributed by atoms with Gasteiger partial charge in [0.1, 0.15) is 11.6 Å². The zero-order valence-electron chi connectivity index (χ0n) is 28.7. The van der Waals surface area contributed by atoms with Crippen molar-refractivity contribution in [1.82, 2.24) is 14.6 Å². The standard InChI is InChI=1S/C36H50N6O2Si/c1-11-24-18-26(44-45(9,10)35(3,4)5)14-15-29(24)40-34(37)28-21-39-42-22-25(27-20-38-32(43-8)17-23(27)2)19-30(42)33(28)41-31-13-12-16-36(31,6)7/h14-15,17-22,31,41H,11-13,16H2,1-10H3,(H2,37,40). The lowest BCUT2D eigenvalue weighted by atomic mass is 9.87. The molecule has 1 unspecified atom stereocenters. The fraction of sp³-hybridized carbons (Fsp3) is 0.472. The van der Waals surface area contributed by atoms with Crippen LogP contribution < -0.4 is 20.2 Å². The highest BCUT2D eigenvalue weighted by Gasteiger charge is 2.39. The van der Waals surface area contributed by atoms with Crippen LogP contribution in [0.5, 0.6) is 11.6 Å². The molecule has 0 bridgehead atoms. The molecule has 3 aromatic heterocycles. The first-order valence-electron chi connectivity index (χ1n) is 16.1. The molecule has 45 heavy (non-hydrogen) atoms. The fourth-order valence-corrected chi connectivity index (χ4v) is 6.94. The molecule has 0 amide bonds. The number of aromatic nitrogens is 3. The number of nitrogens with one attached hydrogen (secondary N) is 1. The molecule has 9 heteroatoms. The molecule has 0 spiro atoms. The number of rotatable bonds is 9. The summed E-state index contributed by atoms with van der Waals surface area (Å²) in [7, 11) is -0.334. The van der Waals surface area contributed by atoms with Gasteiger partial charge < -0.3 is 20.2 Å². The van der Waals surface area contributed by atoms with E-state index in [9.17, 15) is 0 Å². The molecular weight excluding hydrogens is 577 g/mol. The maximum Gasteiger partial charge on any atom is 0.250 e. The molecule has 1 saturated carbocycles. The quantitative estimate of drug-likeness (QED) is 0.110. The van der Waals surface area contributed by atoms with Crippen LogP contribution in [-0.2, 0) is 6.42 Å². The Morgan fingerprint density at radius 1 is 1.18 bits per heavy atom. The van der Waals surface area contributed by atoms with Crippen molar-refractivity contribution < 1.29 is 9.16 Å². The number of fused-ring (bicyclic) bond motifs is 1. The zero-order chi connectivity index (χ0) is 32.7. The van der Waals surface area contributed by atoms with Crippen molar-refractivity contribution in [3.05, 3.63) is 65.6 Å². The number of pyridine rings is 1. The van der Waals surface area contributed by atoms with E-state index in [1.807, 2.05) is 41.3 Å². The monoisotopic (exact) mass is 626 g/mol. The zero-order valence-corrected chi connectivity index (χ0v) is 29.7. The molecular formula is C36H50N6O2Si. The molecule has 1 aliphatic carbocycles. The summed E-state index contributed by atoms with van der Waals surface area (Å²) in [6.07, 6.45) is 10.0. The van der Waals surface area contributed by atoms with Crippen LogP contribution in [0, 0.1) is 12.3 Å². The Bertz CT molecular complexity index is 1730. The van der Waals surface area contributed by atoms with Crippen molar-refractivity contribution >= 4 is 31.0 Å². The van der Waals surface area contributed by atoms with Crippen LogP contribution in [0.2, 0.25) is 18.1 Å². The van der Waals surface area contributed by atoms with Crippen LogP contribution in [0.4, 0.5) is 11.4 Å². The maximum absolute atomic E-state index is 6.87. The van der Waals surface area contributed by atoms with E-state index >= 15 is 0 Å². The highest BCUT2D eigenvalue weighted by molar-refractivity contribution is 6.74. The van der Waals surface area contributed by atoms with Gasteiger partial charge in [0.05, 0.1) is 35.8 Å². The van der Waals surface area contributed by atoms with Crippen LogP contribution in [-0.4, -0.2) is 41.9 Å². The van der Waals surface area contributed by atoms with E-state index in [4.69, 9.17) is 25.0 Å². The van der Waals surface area contributed by atoms with Gasteiger partial charge in [-0.2, -0.15) is 5.10 Å². The number of methoxy groups -OCH3 is 1. The van der Waals surface area contributed by atoms with Crippen LogP contribution in [0.25, 0.3) is 16.6 Å². The largest absolute Gasteiger partial charge is 0.543 e. The van der Waals surface area contributed by atoms with Crippen LogP contribution in [0.3, 0.4) is 0 Å². The van der Waals surface area contributed by atoms with Gasteiger partial charge in [0, 0.05) is 35.6 Å². The summed E-state index contributed by atoms with van der Waals surface area (Å²) in [6, 6.07) is 10.6. The number of hydrogen-bond acceptors (Lipinski definition) is 6. The summed E-state index contributed by atoms with van der Waals surface area (Å²) in [5.41, 5.74) is 14.8. The Balaban J connectivity index is 1.58. The molecule has 4 aromatic rings. The summed E-state index contributed by atoms with van der Waals surface area (Å²) in [6.45, 7) is 20.2. The summed E-state index contributed by atoms with van der Waals surface area (Å²) < 4.78 is 13.9. The molecule has 1 fully saturated rings. The van der Waals surface area contributed by atoms with E-state index in [0.29, 0.717) is 17.8 Å². The molecule has 5 rings (SSSR count). The third-order valence-electron chi connectivity index (χ3n) is 9.95. The minimum atomic E-state index is -1.97. The molecule has 8 nitrogen and oxygen atoms in total. The second-order valence-corrected chi connectivity index (χ2v) is 19.3. The Morgan fingerprint density at radius 3 is 2.56 bits per heavy atom. The first-order valence-corrected chi connectivity index (χ1v) is 19.0. The van der Waals surface area contributed by atoms with Crippen LogP contribution in [0.1, 0.15) is 77.5 Å². The first kappa shape index (κ1) is 32.5. The molecule has 1 atom stereocenters. The minimum absolute atomic E-state index is 0.116. The molecule has 0 aliphatic heterocycles. The van der Waals surface area contributed by atoms with Crippen molar-refractivity contribution in [2.75, 3.05) is 12.4 Å². The Kier molecular flexibility index (Phi) is 8.79. The molecule has 240 valence electrons. The van der Waals surface area contributed by atoms with Gasteiger partial charge in [0.15, 0.2) is 0 Å². The van der Waals surface area contributed by atoms with Gasteiger partial charge >= 0.3 is 0 Å².